The Morgan fingerprint density at radius 1 is 1.20 bits per heavy atom. The van der Waals surface area contributed by atoms with Crippen molar-refractivity contribution in [3.8, 4) is 0 Å². The van der Waals surface area contributed by atoms with Crippen molar-refractivity contribution in [2.24, 2.45) is 17.3 Å². The molecule has 0 bridgehead atoms. The minimum absolute atomic E-state index is 0.196. The van der Waals surface area contributed by atoms with Gasteiger partial charge in [0.05, 0.1) is 0 Å². The molecule has 3 nitrogen and oxygen atoms in total. The Morgan fingerprint density at radius 2 is 1.60 bits per heavy atom. The lowest BCUT2D eigenvalue weighted by atomic mass is 9.98. The zero-order chi connectivity index (χ0) is 7.52. The molecule has 0 aromatic rings. The number of cyclic esters (lactones) is 2. The summed E-state index contributed by atoms with van der Waals surface area (Å²) in [6, 6.07) is 0. The Bertz CT molecular complexity index is 207. The van der Waals surface area contributed by atoms with E-state index in [1.165, 1.54) is 0 Å². The summed E-state index contributed by atoms with van der Waals surface area (Å²) in [5.74, 6) is -0.252. The molecule has 0 N–H and O–H groups in total. The van der Waals surface area contributed by atoms with Crippen molar-refractivity contribution >= 4 is 11.9 Å². The number of carbonyl (C=O) groups excluding carboxylic acids is 2. The maximum atomic E-state index is 10.8. The molecule has 2 aliphatic rings. The Labute approximate surface area is 58.4 Å². The summed E-state index contributed by atoms with van der Waals surface area (Å²) in [4.78, 5) is 21.6. The molecule has 1 saturated heterocycles. The molecule has 0 aromatic heterocycles. The largest absolute Gasteiger partial charge is 0.391 e. The minimum Gasteiger partial charge on any atom is -0.391 e. The van der Waals surface area contributed by atoms with Gasteiger partial charge in [-0.1, -0.05) is 13.8 Å². The number of hydrogen-bond acceptors (Lipinski definition) is 3. The van der Waals surface area contributed by atoms with Crippen molar-refractivity contribution < 1.29 is 14.3 Å². The highest BCUT2D eigenvalue weighted by Gasteiger charge is 2.78. The van der Waals surface area contributed by atoms with Gasteiger partial charge in [0.2, 0.25) is 0 Å². The monoisotopic (exact) mass is 140 g/mol. The van der Waals surface area contributed by atoms with Gasteiger partial charge in [-0.3, -0.25) is 9.59 Å². The van der Waals surface area contributed by atoms with Gasteiger partial charge in [-0.15, -0.1) is 0 Å². The molecule has 1 heterocycles. The van der Waals surface area contributed by atoms with E-state index in [0.717, 1.165) is 0 Å². The summed E-state index contributed by atoms with van der Waals surface area (Å²) in [6.07, 6.45) is 0. The number of carbonyl (C=O) groups is 2. The first-order valence-electron chi connectivity index (χ1n) is 3.38. The third kappa shape index (κ3) is 0.317. The third-order valence-corrected chi connectivity index (χ3v) is 2.94. The molecule has 0 amide bonds. The van der Waals surface area contributed by atoms with Crippen LogP contribution in [0.2, 0.25) is 0 Å². The lowest BCUT2D eigenvalue weighted by Gasteiger charge is -2.22. The second-order valence-corrected chi connectivity index (χ2v) is 3.12. The SMILES string of the molecule is CC1C(C)C12C(=O)OC2=O. The van der Waals surface area contributed by atoms with Gasteiger partial charge in [0.1, 0.15) is 0 Å². The topological polar surface area (TPSA) is 43.4 Å². The molecule has 0 aromatic carbocycles. The second kappa shape index (κ2) is 1.26. The third-order valence-electron chi connectivity index (χ3n) is 2.94. The fraction of sp³-hybridized carbons (Fsp3) is 0.714. The van der Waals surface area contributed by atoms with E-state index in [-0.39, 0.29) is 23.8 Å². The number of ether oxygens (including phenoxy) is 1. The number of hydrogen-bond donors (Lipinski definition) is 0. The van der Waals surface area contributed by atoms with Crippen LogP contribution < -0.4 is 0 Å². The van der Waals surface area contributed by atoms with Gasteiger partial charge in [0.25, 0.3) is 0 Å². The Balaban J connectivity index is 2.33. The smallest absolute Gasteiger partial charge is 0.331 e. The first-order valence-corrected chi connectivity index (χ1v) is 3.38. The zero-order valence-corrected chi connectivity index (χ0v) is 5.88. The van der Waals surface area contributed by atoms with Crippen LogP contribution in [0.25, 0.3) is 0 Å². The van der Waals surface area contributed by atoms with Crippen molar-refractivity contribution in [1.29, 1.82) is 0 Å². The van der Waals surface area contributed by atoms with Gasteiger partial charge in [-0.25, -0.2) is 0 Å². The number of esters is 2. The molecule has 0 radical (unpaired) electrons. The highest BCUT2D eigenvalue weighted by atomic mass is 16.6. The number of rotatable bonds is 0. The van der Waals surface area contributed by atoms with Gasteiger partial charge in [0.15, 0.2) is 5.41 Å². The van der Waals surface area contributed by atoms with E-state index in [1.807, 2.05) is 13.8 Å². The summed E-state index contributed by atoms with van der Waals surface area (Å²) in [6.45, 7) is 3.81. The summed E-state index contributed by atoms with van der Waals surface area (Å²) >= 11 is 0. The average molecular weight is 140 g/mol. The molecule has 1 aliphatic heterocycles. The van der Waals surface area contributed by atoms with Crippen molar-refractivity contribution in [2.75, 3.05) is 0 Å². The van der Waals surface area contributed by atoms with E-state index < -0.39 is 5.41 Å². The molecule has 2 unspecified atom stereocenters. The maximum absolute atomic E-state index is 10.8. The molecule has 1 aliphatic carbocycles. The second-order valence-electron chi connectivity index (χ2n) is 3.12. The van der Waals surface area contributed by atoms with Crippen molar-refractivity contribution in [3.05, 3.63) is 0 Å². The first kappa shape index (κ1) is 5.89. The molecule has 2 rings (SSSR count). The fourth-order valence-corrected chi connectivity index (χ4v) is 1.81. The first-order chi connectivity index (χ1) is 4.61. The Kier molecular flexibility index (Phi) is 0.743. The Hall–Kier alpha value is -0.860. The summed E-state index contributed by atoms with van der Waals surface area (Å²) in [5, 5.41) is 0. The van der Waals surface area contributed by atoms with Gasteiger partial charge in [-0.05, 0) is 11.8 Å². The van der Waals surface area contributed by atoms with Gasteiger partial charge in [0, 0.05) is 0 Å². The van der Waals surface area contributed by atoms with E-state index in [4.69, 9.17) is 0 Å². The molecular weight excluding hydrogens is 132 g/mol. The van der Waals surface area contributed by atoms with E-state index in [9.17, 15) is 9.59 Å². The van der Waals surface area contributed by atoms with Crippen LogP contribution in [0.3, 0.4) is 0 Å². The van der Waals surface area contributed by atoms with Crippen LogP contribution in [0.4, 0.5) is 0 Å². The molecular formula is C7H8O3. The lowest BCUT2D eigenvalue weighted by Crippen LogP contribution is -2.45. The summed E-state index contributed by atoms with van der Waals surface area (Å²) in [5.41, 5.74) is -0.694. The van der Waals surface area contributed by atoms with Gasteiger partial charge in [-0.2, -0.15) is 0 Å². The molecule has 1 saturated carbocycles. The maximum Gasteiger partial charge on any atom is 0.331 e. The predicted octanol–water partition coefficient (Wildman–Crippen LogP) is 0.342. The highest BCUT2D eigenvalue weighted by Crippen LogP contribution is 2.64. The normalized spacial score (nSPS) is 41.0. The lowest BCUT2D eigenvalue weighted by molar-refractivity contribution is -0.188. The average Bonchev–Trinajstić information content (AvgIpc) is 2.40. The fourth-order valence-electron chi connectivity index (χ4n) is 1.81. The highest BCUT2D eigenvalue weighted by molar-refractivity contribution is 6.17. The van der Waals surface area contributed by atoms with E-state index in [0.29, 0.717) is 0 Å². The molecule has 2 atom stereocenters. The molecule has 54 valence electrons. The molecule has 3 heteroatoms. The standard InChI is InChI=1S/C7H8O3/c1-3-4(2)7(3)5(8)10-6(7)9/h3-4H,1-2H3. The quantitative estimate of drug-likeness (QED) is 0.360. The van der Waals surface area contributed by atoms with Crippen LogP contribution in [0.5, 0.6) is 0 Å². The van der Waals surface area contributed by atoms with Crippen molar-refractivity contribution in [3.63, 3.8) is 0 Å². The predicted molar refractivity (Wildman–Crippen MR) is 31.9 cm³/mol. The van der Waals surface area contributed by atoms with Crippen LogP contribution in [-0.4, -0.2) is 11.9 Å². The Morgan fingerprint density at radius 3 is 1.70 bits per heavy atom. The summed E-state index contributed by atoms with van der Waals surface area (Å²) < 4.78 is 4.28. The van der Waals surface area contributed by atoms with Crippen molar-refractivity contribution in [1.82, 2.24) is 0 Å². The molecule has 1 spiro atoms. The van der Waals surface area contributed by atoms with E-state index in [2.05, 4.69) is 4.74 Å². The zero-order valence-electron chi connectivity index (χ0n) is 5.88. The van der Waals surface area contributed by atoms with Crippen LogP contribution >= 0.6 is 0 Å². The van der Waals surface area contributed by atoms with Gasteiger partial charge >= 0.3 is 11.9 Å². The van der Waals surface area contributed by atoms with Crippen LogP contribution in [0, 0.1) is 17.3 Å². The minimum atomic E-state index is -0.694. The van der Waals surface area contributed by atoms with Crippen LogP contribution in [0.15, 0.2) is 0 Å². The van der Waals surface area contributed by atoms with E-state index in [1.54, 1.807) is 0 Å². The molecule has 10 heavy (non-hydrogen) atoms. The van der Waals surface area contributed by atoms with Crippen LogP contribution in [0.1, 0.15) is 13.8 Å². The molecule has 2 fully saturated rings. The van der Waals surface area contributed by atoms with Crippen LogP contribution in [-0.2, 0) is 14.3 Å². The van der Waals surface area contributed by atoms with Gasteiger partial charge < -0.3 is 4.74 Å². The van der Waals surface area contributed by atoms with E-state index >= 15 is 0 Å². The summed E-state index contributed by atoms with van der Waals surface area (Å²) in [7, 11) is 0. The van der Waals surface area contributed by atoms with Crippen molar-refractivity contribution in [2.45, 2.75) is 13.8 Å².